The van der Waals surface area contributed by atoms with Crippen molar-refractivity contribution in [2.75, 3.05) is 44.4 Å². The van der Waals surface area contributed by atoms with Gasteiger partial charge in [-0.1, -0.05) is 13.8 Å². The van der Waals surface area contributed by atoms with E-state index in [1.54, 1.807) is 0 Å². The lowest BCUT2D eigenvalue weighted by Gasteiger charge is -2.18. The summed E-state index contributed by atoms with van der Waals surface area (Å²) in [5.74, 6) is 1.10. The van der Waals surface area contributed by atoms with Crippen molar-refractivity contribution in [3.8, 4) is 6.01 Å². The van der Waals surface area contributed by atoms with Crippen molar-refractivity contribution < 1.29 is 4.74 Å². The van der Waals surface area contributed by atoms with Crippen molar-refractivity contribution in [3.05, 3.63) is 0 Å². The number of nitrogens with zero attached hydrogens (tertiary/aromatic N) is 4. The maximum atomic E-state index is 5.53. The molecule has 7 heteroatoms. The summed E-state index contributed by atoms with van der Waals surface area (Å²) >= 11 is 0. The highest BCUT2D eigenvalue weighted by atomic mass is 16.5. The Balaban J connectivity index is 2.79. The predicted octanol–water partition coefficient (Wildman–Crippen LogP) is 1.84. The summed E-state index contributed by atoms with van der Waals surface area (Å²) in [7, 11) is 4.07. The highest BCUT2D eigenvalue weighted by molar-refractivity contribution is 5.36. The van der Waals surface area contributed by atoms with Crippen LogP contribution in [0.3, 0.4) is 0 Å². The summed E-state index contributed by atoms with van der Waals surface area (Å²) in [4.78, 5) is 15.1. The number of hydrogen-bond donors (Lipinski definition) is 2. The summed E-state index contributed by atoms with van der Waals surface area (Å²) < 4.78 is 5.53. The first-order chi connectivity index (χ1) is 10.0. The van der Waals surface area contributed by atoms with Gasteiger partial charge >= 0.3 is 6.01 Å². The molecule has 0 aliphatic heterocycles. The number of likely N-dealkylation sites (N-methyl/N-ethyl adjacent to an activating group) is 1. The molecule has 21 heavy (non-hydrogen) atoms. The molecule has 1 atom stereocenters. The van der Waals surface area contributed by atoms with Gasteiger partial charge in [-0.05, 0) is 33.9 Å². The number of anilines is 2. The van der Waals surface area contributed by atoms with Crippen LogP contribution in [0.15, 0.2) is 0 Å². The van der Waals surface area contributed by atoms with Crippen molar-refractivity contribution in [2.24, 2.45) is 0 Å². The molecule has 0 amide bonds. The lowest BCUT2D eigenvalue weighted by Crippen LogP contribution is -2.30. The largest absolute Gasteiger partial charge is 0.463 e. The molecule has 2 N–H and O–H groups in total. The van der Waals surface area contributed by atoms with Crippen molar-refractivity contribution in [3.63, 3.8) is 0 Å². The molecular weight excluding hydrogens is 268 g/mol. The van der Waals surface area contributed by atoms with Crippen LogP contribution in [0.2, 0.25) is 0 Å². The van der Waals surface area contributed by atoms with Crippen molar-refractivity contribution >= 4 is 11.9 Å². The molecule has 1 unspecified atom stereocenters. The summed E-state index contributed by atoms with van der Waals surface area (Å²) in [5.41, 5.74) is 0. The van der Waals surface area contributed by atoms with E-state index in [0.717, 1.165) is 25.9 Å². The number of rotatable bonds is 10. The van der Waals surface area contributed by atoms with Crippen LogP contribution in [-0.2, 0) is 0 Å². The highest BCUT2D eigenvalue weighted by Gasteiger charge is 2.10. The lowest BCUT2D eigenvalue weighted by atomic mass is 10.3. The van der Waals surface area contributed by atoms with Crippen LogP contribution in [0.4, 0.5) is 11.9 Å². The van der Waals surface area contributed by atoms with Gasteiger partial charge in [0.2, 0.25) is 11.9 Å². The van der Waals surface area contributed by atoms with Gasteiger partial charge in [0.15, 0.2) is 0 Å². The number of nitrogens with one attached hydrogen (secondary N) is 2. The summed E-state index contributed by atoms with van der Waals surface area (Å²) in [5, 5.41) is 6.46. The van der Waals surface area contributed by atoms with E-state index in [4.69, 9.17) is 4.74 Å². The second-order valence-corrected chi connectivity index (χ2v) is 5.35. The first kappa shape index (κ1) is 17.4. The first-order valence-corrected chi connectivity index (χ1v) is 7.59. The Morgan fingerprint density at radius 2 is 1.81 bits per heavy atom. The van der Waals surface area contributed by atoms with E-state index in [9.17, 15) is 0 Å². The quantitative estimate of drug-likeness (QED) is 0.682. The minimum absolute atomic E-state index is 0.237. The minimum atomic E-state index is 0.237. The van der Waals surface area contributed by atoms with E-state index < -0.39 is 0 Å². The third-order valence-electron chi connectivity index (χ3n) is 2.60. The third kappa shape index (κ3) is 7.08. The molecule has 1 heterocycles. The average molecular weight is 296 g/mol. The van der Waals surface area contributed by atoms with Crippen molar-refractivity contribution in [1.82, 2.24) is 19.9 Å². The van der Waals surface area contributed by atoms with Gasteiger partial charge in [0.05, 0.1) is 6.61 Å². The number of aromatic nitrogens is 3. The SMILES string of the molecule is CCCNc1nc(NC(C)CN(C)C)nc(OCCC)n1. The van der Waals surface area contributed by atoms with Gasteiger partial charge in [0, 0.05) is 19.1 Å². The molecule has 1 aromatic heterocycles. The molecule has 120 valence electrons. The Hall–Kier alpha value is -1.63. The molecule has 0 aliphatic rings. The smallest absolute Gasteiger partial charge is 0.323 e. The van der Waals surface area contributed by atoms with E-state index in [1.807, 2.05) is 14.1 Å². The van der Waals surface area contributed by atoms with Crippen LogP contribution in [0.1, 0.15) is 33.6 Å². The van der Waals surface area contributed by atoms with E-state index >= 15 is 0 Å². The fraction of sp³-hybridized carbons (Fsp3) is 0.786. The molecule has 0 spiro atoms. The van der Waals surface area contributed by atoms with Gasteiger partial charge in [0.1, 0.15) is 0 Å². The summed E-state index contributed by atoms with van der Waals surface area (Å²) in [6.07, 6.45) is 1.93. The molecule has 0 fully saturated rings. The zero-order valence-corrected chi connectivity index (χ0v) is 13.8. The molecule has 0 bridgehead atoms. The van der Waals surface area contributed by atoms with E-state index in [1.165, 1.54) is 0 Å². The van der Waals surface area contributed by atoms with Gasteiger partial charge in [-0.15, -0.1) is 0 Å². The molecule has 0 saturated heterocycles. The Morgan fingerprint density at radius 3 is 2.43 bits per heavy atom. The molecule has 7 nitrogen and oxygen atoms in total. The molecule has 0 radical (unpaired) electrons. The lowest BCUT2D eigenvalue weighted by molar-refractivity contribution is 0.292. The van der Waals surface area contributed by atoms with Gasteiger partial charge in [-0.25, -0.2) is 0 Å². The Morgan fingerprint density at radius 1 is 1.10 bits per heavy atom. The maximum Gasteiger partial charge on any atom is 0.323 e. The fourth-order valence-electron chi connectivity index (χ4n) is 1.81. The van der Waals surface area contributed by atoms with Crippen LogP contribution in [0, 0.1) is 0 Å². The van der Waals surface area contributed by atoms with Crippen LogP contribution in [0.25, 0.3) is 0 Å². The number of hydrogen-bond acceptors (Lipinski definition) is 7. The molecule has 1 rings (SSSR count). The Labute approximate surface area is 127 Å². The fourth-order valence-corrected chi connectivity index (χ4v) is 1.81. The zero-order valence-electron chi connectivity index (χ0n) is 13.8. The molecule has 0 saturated carbocycles. The normalized spacial score (nSPS) is 12.3. The Kier molecular flexibility index (Phi) is 7.74. The standard InChI is InChI=1S/C14H28N6O/c1-6-8-15-12-17-13(16-11(3)10-20(4)5)19-14(18-12)21-9-7-2/h11H,6-10H2,1-5H3,(H2,15,16,17,18,19). The Bertz CT molecular complexity index is 386. The van der Waals surface area contributed by atoms with Crippen LogP contribution in [-0.4, -0.2) is 59.7 Å². The first-order valence-electron chi connectivity index (χ1n) is 7.59. The van der Waals surface area contributed by atoms with Crippen LogP contribution >= 0.6 is 0 Å². The predicted molar refractivity (Wildman–Crippen MR) is 86.0 cm³/mol. The van der Waals surface area contributed by atoms with E-state index in [-0.39, 0.29) is 6.04 Å². The maximum absolute atomic E-state index is 5.53. The summed E-state index contributed by atoms with van der Waals surface area (Å²) in [6.45, 7) is 8.56. The van der Waals surface area contributed by atoms with Crippen LogP contribution < -0.4 is 15.4 Å². The van der Waals surface area contributed by atoms with E-state index in [2.05, 4.69) is 51.3 Å². The zero-order chi connectivity index (χ0) is 15.7. The van der Waals surface area contributed by atoms with Gasteiger partial charge in [-0.3, -0.25) is 0 Å². The van der Waals surface area contributed by atoms with E-state index in [0.29, 0.717) is 24.5 Å². The monoisotopic (exact) mass is 296 g/mol. The van der Waals surface area contributed by atoms with Crippen LogP contribution in [0.5, 0.6) is 6.01 Å². The van der Waals surface area contributed by atoms with Gasteiger partial charge in [-0.2, -0.15) is 15.0 Å². The average Bonchev–Trinajstić information content (AvgIpc) is 2.41. The minimum Gasteiger partial charge on any atom is -0.463 e. The third-order valence-corrected chi connectivity index (χ3v) is 2.60. The van der Waals surface area contributed by atoms with Crippen molar-refractivity contribution in [1.29, 1.82) is 0 Å². The second kappa shape index (κ2) is 9.33. The molecular formula is C14H28N6O. The second-order valence-electron chi connectivity index (χ2n) is 5.35. The molecule has 0 aliphatic carbocycles. The molecule has 1 aromatic rings. The van der Waals surface area contributed by atoms with Gasteiger partial charge in [0.25, 0.3) is 0 Å². The van der Waals surface area contributed by atoms with Gasteiger partial charge < -0.3 is 20.3 Å². The van der Waals surface area contributed by atoms with Crippen molar-refractivity contribution in [2.45, 2.75) is 39.7 Å². The molecule has 0 aromatic carbocycles. The highest BCUT2D eigenvalue weighted by Crippen LogP contribution is 2.12. The topological polar surface area (TPSA) is 75.2 Å². The number of ether oxygens (including phenoxy) is 1. The summed E-state index contributed by atoms with van der Waals surface area (Å²) in [6, 6.07) is 0.602.